The third-order valence-corrected chi connectivity index (χ3v) is 2.91. The third-order valence-electron chi connectivity index (χ3n) is 2.91. The van der Waals surface area contributed by atoms with E-state index in [0.717, 1.165) is 38.5 Å². The second kappa shape index (κ2) is 4.98. The molecular formula is C10H16O4. The Labute approximate surface area is 82.9 Å². The van der Waals surface area contributed by atoms with Crippen LogP contribution in [-0.4, -0.2) is 22.2 Å². The lowest BCUT2D eigenvalue weighted by Gasteiger charge is -2.19. The molecule has 0 aromatic heterocycles. The summed E-state index contributed by atoms with van der Waals surface area (Å²) in [6, 6.07) is 0. The number of carboxylic acid groups (broad SMARTS) is 2. The van der Waals surface area contributed by atoms with Crippen molar-refractivity contribution in [3.63, 3.8) is 0 Å². The molecule has 4 nitrogen and oxygen atoms in total. The van der Waals surface area contributed by atoms with Crippen LogP contribution in [0.5, 0.6) is 0 Å². The van der Waals surface area contributed by atoms with Gasteiger partial charge in [-0.3, -0.25) is 9.59 Å². The molecule has 2 fully saturated rings. The maximum absolute atomic E-state index is 9.98. The summed E-state index contributed by atoms with van der Waals surface area (Å²) >= 11 is 0. The quantitative estimate of drug-likeness (QED) is 0.712. The molecule has 0 radical (unpaired) electrons. The predicted molar refractivity (Wildman–Crippen MR) is 50.0 cm³/mol. The molecule has 2 aliphatic carbocycles. The van der Waals surface area contributed by atoms with Gasteiger partial charge in [-0.2, -0.15) is 0 Å². The standard InChI is InChI=1S/2C5H8O2/c2*6-5(7)4-2-1-3-4/h2*4H,1-3H2,(H,6,7). The van der Waals surface area contributed by atoms with E-state index in [9.17, 15) is 9.59 Å². The van der Waals surface area contributed by atoms with Gasteiger partial charge in [0.05, 0.1) is 11.8 Å². The van der Waals surface area contributed by atoms with E-state index in [1.807, 2.05) is 0 Å². The van der Waals surface area contributed by atoms with Gasteiger partial charge in [0.1, 0.15) is 0 Å². The van der Waals surface area contributed by atoms with E-state index in [0.29, 0.717) is 0 Å². The summed E-state index contributed by atoms with van der Waals surface area (Å²) in [4.78, 5) is 20.0. The molecule has 4 heteroatoms. The van der Waals surface area contributed by atoms with Crippen LogP contribution in [0.1, 0.15) is 38.5 Å². The Balaban J connectivity index is 0.000000140. The highest BCUT2D eigenvalue weighted by Gasteiger charge is 2.24. The predicted octanol–water partition coefficient (Wildman–Crippen LogP) is 1.74. The molecule has 0 aromatic carbocycles. The van der Waals surface area contributed by atoms with Crippen LogP contribution in [-0.2, 0) is 9.59 Å². The molecule has 2 N–H and O–H groups in total. The molecule has 0 atom stereocenters. The molecule has 14 heavy (non-hydrogen) atoms. The van der Waals surface area contributed by atoms with Crippen LogP contribution < -0.4 is 0 Å². The molecule has 80 valence electrons. The van der Waals surface area contributed by atoms with E-state index in [-0.39, 0.29) is 11.8 Å². The number of rotatable bonds is 2. The topological polar surface area (TPSA) is 74.6 Å². The van der Waals surface area contributed by atoms with Gasteiger partial charge in [-0.1, -0.05) is 12.8 Å². The maximum Gasteiger partial charge on any atom is 0.306 e. The van der Waals surface area contributed by atoms with Gasteiger partial charge < -0.3 is 10.2 Å². The summed E-state index contributed by atoms with van der Waals surface area (Å²) < 4.78 is 0. The van der Waals surface area contributed by atoms with Crippen LogP contribution in [0.4, 0.5) is 0 Å². The Morgan fingerprint density at radius 3 is 1.07 bits per heavy atom. The van der Waals surface area contributed by atoms with E-state index in [1.165, 1.54) is 0 Å². The average molecular weight is 200 g/mol. The normalized spacial score (nSPS) is 21.1. The van der Waals surface area contributed by atoms with Crippen molar-refractivity contribution in [2.45, 2.75) is 38.5 Å². The van der Waals surface area contributed by atoms with Crippen molar-refractivity contribution < 1.29 is 19.8 Å². The van der Waals surface area contributed by atoms with E-state index in [2.05, 4.69) is 0 Å². The maximum atomic E-state index is 9.98. The molecular weight excluding hydrogens is 184 g/mol. The first-order valence-corrected chi connectivity index (χ1v) is 5.07. The minimum atomic E-state index is -0.619. The lowest BCUT2D eigenvalue weighted by molar-refractivity contribution is -0.145. The summed E-state index contributed by atoms with van der Waals surface area (Å²) in [5.41, 5.74) is 0. The molecule has 0 aromatic rings. The monoisotopic (exact) mass is 200 g/mol. The Hall–Kier alpha value is -1.06. The first kappa shape index (κ1) is 11.0. The fraction of sp³-hybridized carbons (Fsp3) is 0.800. The summed E-state index contributed by atoms with van der Waals surface area (Å²) in [5.74, 6) is -1.24. The SMILES string of the molecule is O=C(O)C1CCC1.O=C(O)C1CCC1. The molecule has 0 aliphatic heterocycles. The summed E-state index contributed by atoms with van der Waals surface area (Å²) in [6.07, 6.45) is 5.81. The van der Waals surface area contributed by atoms with Gasteiger partial charge >= 0.3 is 11.9 Å². The van der Waals surface area contributed by atoms with Gasteiger partial charge in [0.2, 0.25) is 0 Å². The fourth-order valence-corrected chi connectivity index (χ4v) is 1.31. The summed E-state index contributed by atoms with van der Waals surface area (Å²) in [7, 11) is 0. The number of carbonyl (C=O) groups is 2. The molecule has 0 amide bonds. The van der Waals surface area contributed by atoms with Crippen molar-refractivity contribution in [3.8, 4) is 0 Å². The van der Waals surface area contributed by atoms with Gasteiger partial charge in [0.15, 0.2) is 0 Å². The van der Waals surface area contributed by atoms with Gasteiger partial charge in [0, 0.05) is 0 Å². The largest absolute Gasteiger partial charge is 0.481 e. The zero-order valence-corrected chi connectivity index (χ0v) is 8.11. The molecule has 2 rings (SSSR count). The Morgan fingerprint density at radius 1 is 0.786 bits per heavy atom. The molecule has 0 heterocycles. The lowest BCUT2D eigenvalue weighted by atomic mass is 9.86. The van der Waals surface area contributed by atoms with Gasteiger partial charge in [-0.05, 0) is 25.7 Å². The van der Waals surface area contributed by atoms with E-state index >= 15 is 0 Å². The number of hydrogen-bond acceptors (Lipinski definition) is 2. The van der Waals surface area contributed by atoms with Crippen molar-refractivity contribution >= 4 is 11.9 Å². The summed E-state index contributed by atoms with van der Waals surface area (Å²) in [6.45, 7) is 0. The van der Waals surface area contributed by atoms with Gasteiger partial charge in [-0.25, -0.2) is 0 Å². The van der Waals surface area contributed by atoms with E-state index < -0.39 is 11.9 Å². The van der Waals surface area contributed by atoms with Crippen molar-refractivity contribution in [3.05, 3.63) is 0 Å². The first-order valence-electron chi connectivity index (χ1n) is 5.07. The van der Waals surface area contributed by atoms with E-state index in [1.54, 1.807) is 0 Å². The lowest BCUT2D eigenvalue weighted by Crippen LogP contribution is -2.20. The minimum absolute atomic E-state index is 0.000000000000000444. The van der Waals surface area contributed by atoms with Crippen LogP contribution in [0.2, 0.25) is 0 Å². The van der Waals surface area contributed by atoms with Crippen LogP contribution >= 0.6 is 0 Å². The second-order valence-corrected chi connectivity index (χ2v) is 3.93. The number of hydrogen-bond donors (Lipinski definition) is 2. The molecule has 0 spiro atoms. The zero-order chi connectivity index (χ0) is 10.6. The molecule has 2 saturated carbocycles. The molecule has 2 aliphatic rings. The van der Waals surface area contributed by atoms with Crippen molar-refractivity contribution in [1.29, 1.82) is 0 Å². The highest BCUT2D eigenvalue weighted by atomic mass is 16.4. The smallest absolute Gasteiger partial charge is 0.306 e. The minimum Gasteiger partial charge on any atom is -0.481 e. The van der Waals surface area contributed by atoms with Gasteiger partial charge in [-0.15, -0.1) is 0 Å². The second-order valence-electron chi connectivity index (χ2n) is 3.93. The first-order chi connectivity index (χ1) is 6.61. The van der Waals surface area contributed by atoms with Crippen LogP contribution in [0.25, 0.3) is 0 Å². The zero-order valence-electron chi connectivity index (χ0n) is 8.11. The third kappa shape index (κ3) is 3.01. The van der Waals surface area contributed by atoms with Crippen LogP contribution in [0.15, 0.2) is 0 Å². The number of aliphatic carboxylic acids is 2. The van der Waals surface area contributed by atoms with Gasteiger partial charge in [0.25, 0.3) is 0 Å². The Kier molecular flexibility index (Phi) is 3.92. The number of carboxylic acids is 2. The average Bonchev–Trinajstić information content (AvgIpc) is 1.74. The van der Waals surface area contributed by atoms with Crippen molar-refractivity contribution in [1.82, 2.24) is 0 Å². The highest BCUT2D eigenvalue weighted by molar-refractivity contribution is 5.71. The Bertz CT molecular complexity index is 192. The Morgan fingerprint density at radius 2 is 1.07 bits per heavy atom. The van der Waals surface area contributed by atoms with Crippen LogP contribution in [0, 0.1) is 11.8 Å². The van der Waals surface area contributed by atoms with Crippen molar-refractivity contribution in [2.24, 2.45) is 11.8 Å². The molecule has 0 saturated heterocycles. The highest BCUT2D eigenvalue weighted by Crippen LogP contribution is 2.26. The fourth-order valence-electron chi connectivity index (χ4n) is 1.31. The molecule has 0 unspecified atom stereocenters. The summed E-state index contributed by atoms with van der Waals surface area (Å²) in [5, 5.41) is 16.5. The van der Waals surface area contributed by atoms with Crippen LogP contribution in [0.3, 0.4) is 0 Å². The van der Waals surface area contributed by atoms with Crippen molar-refractivity contribution in [2.75, 3.05) is 0 Å². The molecule has 0 bridgehead atoms. The van der Waals surface area contributed by atoms with E-state index in [4.69, 9.17) is 10.2 Å².